The van der Waals surface area contributed by atoms with Gasteiger partial charge in [0.05, 0.1) is 9.92 Å². The number of aromatic nitrogens is 1. The molecule has 1 heterocycles. The van der Waals surface area contributed by atoms with Gasteiger partial charge in [0.25, 0.3) is 5.91 Å². The second kappa shape index (κ2) is 8.59. The number of hydrogen-bond donors (Lipinski definition) is 1. The van der Waals surface area contributed by atoms with Gasteiger partial charge in [0.2, 0.25) is 0 Å². The van der Waals surface area contributed by atoms with Gasteiger partial charge in [-0.1, -0.05) is 29.8 Å². The number of nitrogens with one attached hydrogen (secondary N) is 1. The Kier molecular flexibility index (Phi) is 6.33. The minimum Gasteiger partial charge on any atom is -0.307 e. The maximum absolute atomic E-state index is 13.6. The largest absolute Gasteiger partial charge is 0.307 e. The van der Waals surface area contributed by atoms with E-state index in [1.807, 2.05) is 0 Å². The lowest BCUT2D eigenvalue weighted by Crippen LogP contribution is -2.15. The molecule has 1 saturated carbocycles. The first-order valence-electron chi connectivity index (χ1n) is 8.87. The molecular weight excluding hydrogens is 422 g/mol. The Morgan fingerprint density at radius 1 is 1.14 bits per heavy atom. The molecule has 154 valence electrons. The van der Waals surface area contributed by atoms with Gasteiger partial charge in [0.15, 0.2) is 9.84 Å². The van der Waals surface area contributed by atoms with E-state index in [0.717, 1.165) is 6.26 Å². The highest BCUT2D eigenvalue weighted by Gasteiger charge is 2.34. The van der Waals surface area contributed by atoms with Crippen molar-refractivity contribution in [2.24, 2.45) is 5.92 Å². The number of sulfone groups is 1. The number of carbonyl (C=O) groups is 1. The van der Waals surface area contributed by atoms with E-state index in [9.17, 15) is 22.0 Å². The minimum atomic E-state index is -3.40. The lowest BCUT2D eigenvalue weighted by molar-refractivity contribution is -0.111. The summed E-state index contributed by atoms with van der Waals surface area (Å²) < 4.78 is 50.5. The number of carbonyl (C=O) groups excluding carboxylic acids is 1. The molecule has 0 radical (unpaired) electrons. The first-order valence-corrected chi connectivity index (χ1v) is 11.1. The van der Waals surface area contributed by atoms with Crippen LogP contribution in [-0.2, 0) is 14.6 Å². The molecule has 1 unspecified atom stereocenters. The van der Waals surface area contributed by atoms with E-state index in [1.165, 1.54) is 42.6 Å². The molecule has 0 spiro atoms. The van der Waals surface area contributed by atoms with Crippen LogP contribution in [0.2, 0.25) is 5.02 Å². The van der Waals surface area contributed by atoms with Gasteiger partial charge in [-0.05, 0) is 48.6 Å². The average molecular weight is 441 g/mol. The van der Waals surface area contributed by atoms with E-state index in [1.54, 1.807) is 6.07 Å². The van der Waals surface area contributed by atoms with Crippen molar-refractivity contribution in [1.29, 1.82) is 0 Å². The van der Waals surface area contributed by atoms with Crippen LogP contribution < -0.4 is 5.32 Å². The number of halogens is 3. The molecule has 3 rings (SSSR count). The number of benzene rings is 1. The Balaban J connectivity index is 1.93. The van der Waals surface area contributed by atoms with Gasteiger partial charge in [-0.15, -0.1) is 0 Å². The topological polar surface area (TPSA) is 76.1 Å². The SMILES string of the molecule is CS(=O)(=O)c1ccc(/C(=C\C2C[C@@H](F)[C@@H](F)C2)C(=O)Nc2ccc(Cl)cn2)cc1. The lowest BCUT2D eigenvalue weighted by Gasteiger charge is -2.12. The second-order valence-electron chi connectivity index (χ2n) is 6.96. The molecule has 3 atom stereocenters. The maximum Gasteiger partial charge on any atom is 0.257 e. The normalized spacial score (nSPS) is 22.5. The van der Waals surface area contributed by atoms with Crippen LogP contribution >= 0.6 is 11.6 Å². The van der Waals surface area contributed by atoms with Crippen molar-refractivity contribution in [3.8, 4) is 0 Å². The number of allylic oxidation sites excluding steroid dienone is 1. The van der Waals surface area contributed by atoms with Gasteiger partial charge in [0, 0.05) is 18.0 Å². The summed E-state index contributed by atoms with van der Waals surface area (Å²) in [4.78, 5) is 17.0. The third-order valence-electron chi connectivity index (χ3n) is 4.66. The number of amides is 1. The van der Waals surface area contributed by atoms with E-state index in [-0.39, 0.29) is 29.1 Å². The van der Waals surface area contributed by atoms with Crippen molar-refractivity contribution in [1.82, 2.24) is 4.98 Å². The molecule has 5 nitrogen and oxygen atoms in total. The maximum atomic E-state index is 13.6. The van der Waals surface area contributed by atoms with E-state index in [0.29, 0.717) is 10.6 Å². The number of nitrogens with zero attached hydrogens (tertiary/aromatic N) is 1. The van der Waals surface area contributed by atoms with Crippen LogP contribution in [0.5, 0.6) is 0 Å². The van der Waals surface area contributed by atoms with Gasteiger partial charge in [-0.3, -0.25) is 4.79 Å². The summed E-state index contributed by atoms with van der Waals surface area (Å²) in [5.74, 6) is -0.714. The summed E-state index contributed by atoms with van der Waals surface area (Å²) in [5.41, 5.74) is 0.620. The predicted molar refractivity (Wildman–Crippen MR) is 108 cm³/mol. The summed E-state index contributed by atoms with van der Waals surface area (Å²) in [7, 11) is -3.40. The zero-order valence-electron chi connectivity index (χ0n) is 15.5. The molecule has 0 saturated heterocycles. The molecule has 1 aliphatic rings. The van der Waals surface area contributed by atoms with Crippen LogP contribution in [0.25, 0.3) is 5.57 Å². The standard InChI is InChI=1S/C20H19ClF2N2O3S/c1-29(27,28)15-5-2-13(3-6-15)16(8-12-9-17(22)18(23)10-12)20(26)25-19-7-4-14(21)11-24-19/h2-8,11-12,17-18H,9-10H2,1H3,(H,24,25,26)/b16-8+/t12?,17-,18+. The van der Waals surface area contributed by atoms with Crippen LogP contribution in [0, 0.1) is 5.92 Å². The molecule has 1 fully saturated rings. The Bertz CT molecular complexity index is 1010. The summed E-state index contributed by atoms with van der Waals surface area (Å²) in [6.45, 7) is 0. The Labute approximate surface area is 172 Å². The Morgan fingerprint density at radius 2 is 1.76 bits per heavy atom. The van der Waals surface area contributed by atoms with Gasteiger partial charge in [0.1, 0.15) is 18.2 Å². The highest BCUT2D eigenvalue weighted by atomic mass is 35.5. The lowest BCUT2D eigenvalue weighted by atomic mass is 9.98. The molecule has 29 heavy (non-hydrogen) atoms. The predicted octanol–water partition coefficient (Wildman–Crippen LogP) is 4.25. The van der Waals surface area contributed by atoms with Gasteiger partial charge in [-0.2, -0.15) is 0 Å². The van der Waals surface area contributed by atoms with Crippen molar-refractivity contribution in [3.63, 3.8) is 0 Å². The molecule has 1 amide bonds. The quantitative estimate of drug-likeness (QED) is 0.705. The van der Waals surface area contributed by atoms with Crippen molar-refractivity contribution in [2.75, 3.05) is 11.6 Å². The molecule has 1 aliphatic carbocycles. The molecule has 1 aromatic carbocycles. The van der Waals surface area contributed by atoms with Crippen LogP contribution in [0.15, 0.2) is 53.6 Å². The summed E-state index contributed by atoms with van der Waals surface area (Å²) in [5, 5.41) is 3.03. The molecular formula is C20H19ClF2N2O3S. The number of alkyl halides is 2. The fourth-order valence-electron chi connectivity index (χ4n) is 3.16. The third kappa shape index (κ3) is 5.39. The molecule has 0 aliphatic heterocycles. The number of anilines is 1. The number of rotatable bonds is 5. The van der Waals surface area contributed by atoms with Crippen molar-refractivity contribution in [3.05, 3.63) is 59.3 Å². The van der Waals surface area contributed by atoms with E-state index >= 15 is 0 Å². The molecule has 9 heteroatoms. The molecule has 0 bridgehead atoms. The van der Waals surface area contributed by atoms with Crippen LogP contribution in [0.3, 0.4) is 0 Å². The van der Waals surface area contributed by atoms with Crippen LogP contribution in [0.4, 0.5) is 14.6 Å². The fraction of sp³-hybridized carbons (Fsp3) is 0.300. The van der Waals surface area contributed by atoms with Crippen molar-refractivity contribution >= 4 is 38.7 Å². The van der Waals surface area contributed by atoms with Crippen molar-refractivity contribution < 1.29 is 22.0 Å². The van der Waals surface area contributed by atoms with Crippen molar-refractivity contribution in [2.45, 2.75) is 30.1 Å². The van der Waals surface area contributed by atoms with Gasteiger partial charge >= 0.3 is 0 Å². The number of hydrogen-bond acceptors (Lipinski definition) is 4. The number of pyridine rings is 1. The zero-order chi connectivity index (χ0) is 21.2. The average Bonchev–Trinajstić information content (AvgIpc) is 2.98. The van der Waals surface area contributed by atoms with E-state index in [4.69, 9.17) is 11.6 Å². The smallest absolute Gasteiger partial charge is 0.257 e. The fourth-order valence-corrected chi connectivity index (χ4v) is 3.90. The summed E-state index contributed by atoms with van der Waals surface area (Å²) in [6.07, 6.45) is 0.834. The Hall–Kier alpha value is -2.32. The Morgan fingerprint density at radius 3 is 2.28 bits per heavy atom. The van der Waals surface area contributed by atoms with Crippen LogP contribution in [-0.4, -0.2) is 37.9 Å². The third-order valence-corrected chi connectivity index (χ3v) is 6.01. The monoisotopic (exact) mass is 440 g/mol. The molecule has 1 aromatic heterocycles. The summed E-state index contributed by atoms with van der Waals surface area (Å²) in [6, 6.07) is 8.84. The highest BCUT2D eigenvalue weighted by molar-refractivity contribution is 7.90. The zero-order valence-corrected chi connectivity index (χ0v) is 17.1. The second-order valence-corrected chi connectivity index (χ2v) is 9.41. The minimum absolute atomic E-state index is 0.0153. The van der Waals surface area contributed by atoms with Crippen LogP contribution in [0.1, 0.15) is 18.4 Å². The van der Waals surface area contributed by atoms with E-state index < -0.39 is 34.0 Å². The summed E-state index contributed by atoms with van der Waals surface area (Å²) >= 11 is 5.79. The molecule has 1 N–H and O–H groups in total. The first-order chi connectivity index (χ1) is 13.6. The molecule has 2 aromatic rings. The van der Waals surface area contributed by atoms with Gasteiger partial charge < -0.3 is 5.32 Å². The van der Waals surface area contributed by atoms with Gasteiger partial charge in [-0.25, -0.2) is 22.2 Å². The van der Waals surface area contributed by atoms with E-state index in [2.05, 4.69) is 10.3 Å². The first kappa shape index (κ1) is 21.4. The highest BCUT2D eigenvalue weighted by Crippen LogP contribution is 2.34.